The zero-order valence-electron chi connectivity index (χ0n) is 8.30. The summed E-state index contributed by atoms with van der Waals surface area (Å²) in [7, 11) is -2.42. The fraction of sp³-hybridized carbons (Fsp3) is 0. The molecule has 0 aromatic heterocycles. The summed E-state index contributed by atoms with van der Waals surface area (Å²) in [5.41, 5.74) is 0. The Balaban J connectivity index is -0.0000000741. The van der Waals surface area contributed by atoms with Crippen molar-refractivity contribution < 1.29 is 54.4 Å². The van der Waals surface area contributed by atoms with E-state index in [-0.39, 0.29) is 18.9 Å². The maximum absolute atomic E-state index is 8.64. The summed E-state index contributed by atoms with van der Waals surface area (Å²) in [6, 6.07) is 0. The van der Waals surface area contributed by atoms with Gasteiger partial charge in [0.1, 0.15) is 0 Å². The van der Waals surface area contributed by atoms with Gasteiger partial charge in [-0.05, 0) is 48.9 Å². The van der Waals surface area contributed by atoms with Crippen LogP contribution in [-0.4, -0.2) is 58.0 Å². The number of aliphatic hydroxyl groups is 4. The Morgan fingerprint density at radius 1 is 0.706 bits per heavy atom. The number of hydrogen-bond acceptors (Lipinski definition) is 7. The zero-order chi connectivity index (χ0) is 13.9. The maximum Gasteiger partial charge on any atom is 1.00 e. The molecule has 0 aliphatic carbocycles. The topological polar surface area (TPSA) is 144 Å². The zero-order valence-corrected chi connectivity index (χ0v) is 11.6. The molecule has 0 unspecified atom stereocenters. The number of aliphatic hydroxyl groups excluding tert-OH is 4. The Morgan fingerprint density at radius 2 is 0.765 bits per heavy atom. The molecule has 0 saturated heterocycles. The Morgan fingerprint density at radius 3 is 0.765 bits per heavy atom. The van der Waals surface area contributed by atoms with Crippen LogP contribution in [0.4, 0.5) is 0 Å². The third kappa shape index (κ3) is 48.8. The quantitative estimate of drug-likeness (QED) is 0.191. The van der Waals surface area contributed by atoms with E-state index < -0.39 is 27.5 Å². The van der Waals surface area contributed by atoms with Crippen molar-refractivity contribution in [3.8, 4) is 0 Å². The van der Waals surface area contributed by atoms with Gasteiger partial charge in [-0.2, -0.15) is 0 Å². The summed E-state index contributed by atoms with van der Waals surface area (Å²) in [4.78, 5) is 0. The molecule has 0 atom stereocenters. The van der Waals surface area contributed by atoms with Crippen molar-refractivity contribution in [1.82, 2.24) is 0 Å². The van der Waals surface area contributed by atoms with Crippen molar-refractivity contribution in [1.29, 1.82) is 0 Å². The number of hydrogen-bond donors (Lipinski definition) is 6. The second-order valence-corrected chi connectivity index (χ2v) is 3.09. The van der Waals surface area contributed by atoms with Crippen LogP contribution in [-0.2, 0) is 0 Å². The van der Waals surface area contributed by atoms with Crippen molar-refractivity contribution in [3.05, 3.63) is 0 Å². The first-order chi connectivity index (χ1) is 7.02. The molecule has 0 rings (SSSR count). The molecule has 0 aliphatic rings. The molecule has 92 valence electrons. The van der Waals surface area contributed by atoms with Gasteiger partial charge in [-0.25, -0.2) is 0 Å². The normalized spacial score (nSPS) is 6.76. The summed E-state index contributed by atoms with van der Waals surface area (Å²) >= 11 is 15.9. The molecular weight excluding hydrogens is 306 g/mol. The first-order valence-electron chi connectivity index (χ1n) is 2.96. The maximum atomic E-state index is 8.64. The van der Waals surface area contributed by atoms with E-state index in [1.165, 1.54) is 0 Å². The molecule has 0 radical (unpaired) electrons. The van der Waals surface area contributed by atoms with Gasteiger partial charge in [0.05, 0.1) is 0 Å². The summed E-state index contributed by atoms with van der Waals surface area (Å²) < 4.78 is 0. The molecule has 0 bridgehead atoms. The molecule has 0 spiro atoms. The molecule has 0 fully saturated rings. The predicted molar refractivity (Wildman–Crippen MR) is 71.1 cm³/mol. The summed E-state index contributed by atoms with van der Waals surface area (Å²) in [5.74, 6) is 0. The molecule has 6 N–H and O–H groups in total. The van der Waals surface area contributed by atoms with E-state index in [9.17, 15) is 0 Å². The molecule has 0 amide bonds. The van der Waals surface area contributed by atoms with E-state index in [4.69, 9.17) is 35.5 Å². The molecular formula is C4H6BLiO7S4. The second-order valence-electron chi connectivity index (χ2n) is 1.55. The summed E-state index contributed by atoms with van der Waals surface area (Å²) in [6.45, 7) is 0. The van der Waals surface area contributed by atoms with Crippen LogP contribution in [0.15, 0.2) is 0 Å². The molecule has 0 heterocycles. The van der Waals surface area contributed by atoms with Gasteiger partial charge in [-0.15, -0.1) is 0 Å². The van der Waals surface area contributed by atoms with Gasteiger partial charge in [-0.1, -0.05) is 0 Å². The fourth-order valence-corrected chi connectivity index (χ4v) is 0. The number of rotatable bonds is 0. The Hall–Kier alpha value is 0.102. The molecule has 7 nitrogen and oxygen atoms in total. The first-order valence-corrected chi connectivity index (χ1v) is 4.60. The second kappa shape index (κ2) is 16.1. The first kappa shape index (κ1) is 25.8. The van der Waals surface area contributed by atoms with Crippen LogP contribution in [0.2, 0.25) is 0 Å². The van der Waals surface area contributed by atoms with E-state index in [0.717, 1.165) is 0 Å². The van der Waals surface area contributed by atoms with Gasteiger partial charge in [0.15, 0.2) is 0 Å². The third-order valence-corrected chi connectivity index (χ3v) is 1.40. The van der Waals surface area contributed by atoms with Gasteiger partial charge in [0.2, 0.25) is 20.2 Å². The monoisotopic (exact) mass is 312 g/mol. The van der Waals surface area contributed by atoms with Gasteiger partial charge in [-0.3, -0.25) is 0 Å². The van der Waals surface area contributed by atoms with E-state index in [1.54, 1.807) is 0 Å². The minimum absolute atomic E-state index is 0. The molecule has 13 heteroatoms. The van der Waals surface area contributed by atoms with Crippen LogP contribution in [0.25, 0.3) is 0 Å². The van der Waals surface area contributed by atoms with E-state index in [1.807, 2.05) is 0 Å². The van der Waals surface area contributed by atoms with Crippen LogP contribution in [0.3, 0.4) is 0 Å². The molecule has 0 aliphatic heterocycles. The van der Waals surface area contributed by atoms with Gasteiger partial charge in [0.25, 0.3) is 0 Å². The van der Waals surface area contributed by atoms with Crippen LogP contribution in [0, 0.1) is 0 Å². The van der Waals surface area contributed by atoms with Crippen LogP contribution < -0.4 is 23.9 Å². The van der Waals surface area contributed by atoms with Crippen molar-refractivity contribution in [2.75, 3.05) is 0 Å². The third-order valence-electron chi connectivity index (χ3n) is 0.366. The predicted octanol–water partition coefficient (Wildman–Crippen LogP) is -4.17. The minimum Gasteiger partial charge on any atom is -0.832 e. The minimum atomic E-state index is -2.42. The van der Waals surface area contributed by atoms with Crippen molar-refractivity contribution in [2.45, 2.75) is 0 Å². The van der Waals surface area contributed by atoms with E-state index in [2.05, 4.69) is 48.9 Å². The van der Waals surface area contributed by atoms with Gasteiger partial charge >= 0.3 is 26.2 Å². The standard InChI is InChI=1S/2C2H2O2S2.BH2O3.Li/c2*3-1(5)2(4)6;2-1(3)4;/h2*(H,3,5)(H,4,6);2-3H;/q;;-1;+1. The average molecular weight is 312 g/mol. The molecule has 0 aromatic carbocycles. The molecule has 0 saturated carbocycles. The van der Waals surface area contributed by atoms with Crippen molar-refractivity contribution in [2.24, 2.45) is 0 Å². The average Bonchev–Trinajstić information content (AvgIpc) is 2.03. The van der Waals surface area contributed by atoms with Crippen LogP contribution in [0.1, 0.15) is 0 Å². The SMILES string of the molecule is OC(=S)C(O)=S.OC(=S)C(O)=S.[Li+].[O-]B(O)O. The smallest absolute Gasteiger partial charge is 0.832 e. The van der Waals surface area contributed by atoms with Crippen molar-refractivity contribution >= 4 is 76.4 Å². The summed E-state index contributed by atoms with van der Waals surface area (Å²) in [5, 5.41) is 52.1. The van der Waals surface area contributed by atoms with Gasteiger partial charge < -0.3 is 35.5 Å². The summed E-state index contributed by atoms with van der Waals surface area (Å²) in [6.07, 6.45) is 0. The van der Waals surface area contributed by atoms with Gasteiger partial charge in [0, 0.05) is 0 Å². The van der Waals surface area contributed by atoms with E-state index >= 15 is 0 Å². The number of thiocarbonyl (C=S) groups is 4. The molecule has 0 aromatic rings. The van der Waals surface area contributed by atoms with Crippen molar-refractivity contribution in [3.63, 3.8) is 0 Å². The van der Waals surface area contributed by atoms with Crippen LogP contribution >= 0.6 is 48.9 Å². The Bertz CT molecular complexity index is 222. The largest absolute Gasteiger partial charge is 1.00 e. The van der Waals surface area contributed by atoms with Crippen LogP contribution in [0.5, 0.6) is 0 Å². The molecule has 17 heavy (non-hydrogen) atoms. The fourth-order valence-electron chi connectivity index (χ4n) is 0. The Kier molecular flexibility index (Phi) is 24.5. The Labute approximate surface area is 130 Å². The van der Waals surface area contributed by atoms with E-state index in [0.29, 0.717) is 0 Å².